The van der Waals surface area contributed by atoms with Gasteiger partial charge >= 0.3 is 0 Å². The molecule has 2 aromatic carbocycles. The highest BCUT2D eigenvalue weighted by Crippen LogP contribution is 2.44. The first-order valence-corrected chi connectivity index (χ1v) is 10.3. The van der Waals surface area contributed by atoms with Gasteiger partial charge < -0.3 is 14.9 Å². The van der Waals surface area contributed by atoms with Crippen LogP contribution in [0.1, 0.15) is 30.6 Å². The summed E-state index contributed by atoms with van der Waals surface area (Å²) in [7, 11) is 0. The zero-order chi connectivity index (χ0) is 22.7. The highest BCUT2D eigenvalue weighted by Gasteiger charge is 2.48. The number of pyridine rings is 1. The van der Waals surface area contributed by atoms with Crippen molar-refractivity contribution in [2.45, 2.75) is 19.4 Å². The molecular formula is C25H22N2O5. The molecule has 1 saturated heterocycles. The SMILES string of the molecule is CCCOc1cccc(/C(O)=C2/C(=O)C(=O)N(c3ccccc3O)C2c2ccccn2)c1. The summed E-state index contributed by atoms with van der Waals surface area (Å²) in [6, 6.07) is 17.0. The van der Waals surface area contributed by atoms with Crippen molar-refractivity contribution in [3.8, 4) is 11.5 Å². The number of rotatable bonds is 6. The second-order valence-corrected chi connectivity index (χ2v) is 7.29. The number of ketones is 1. The van der Waals surface area contributed by atoms with Crippen LogP contribution in [0.2, 0.25) is 0 Å². The Kier molecular flexibility index (Phi) is 5.89. The quantitative estimate of drug-likeness (QED) is 0.345. The summed E-state index contributed by atoms with van der Waals surface area (Å²) in [5, 5.41) is 21.5. The van der Waals surface area contributed by atoms with Gasteiger partial charge in [0.05, 0.1) is 23.6 Å². The fourth-order valence-corrected chi connectivity index (χ4v) is 3.67. The molecule has 2 N–H and O–H groups in total. The molecule has 1 aliphatic rings. The first-order valence-electron chi connectivity index (χ1n) is 10.3. The number of hydrogen-bond acceptors (Lipinski definition) is 6. The van der Waals surface area contributed by atoms with Gasteiger partial charge in [-0.1, -0.05) is 37.3 Å². The topological polar surface area (TPSA) is 100.0 Å². The maximum absolute atomic E-state index is 13.1. The first-order chi connectivity index (χ1) is 15.5. The maximum atomic E-state index is 13.1. The lowest BCUT2D eigenvalue weighted by Gasteiger charge is -2.25. The summed E-state index contributed by atoms with van der Waals surface area (Å²) < 4.78 is 5.63. The number of nitrogens with zero attached hydrogens (tertiary/aromatic N) is 2. The van der Waals surface area contributed by atoms with E-state index in [4.69, 9.17) is 4.74 Å². The lowest BCUT2D eigenvalue weighted by atomic mass is 9.98. The minimum absolute atomic E-state index is 0.107. The van der Waals surface area contributed by atoms with Gasteiger partial charge in [0.15, 0.2) is 0 Å². The van der Waals surface area contributed by atoms with Gasteiger partial charge in [-0.3, -0.25) is 19.5 Å². The van der Waals surface area contributed by atoms with E-state index >= 15 is 0 Å². The molecule has 1 aromatic heterocycles. The zero-order valence-corrected chi connectivity index (χ0v) is 17.4. The molecule has 0 bridgehead atoms. The van der Waals surface area contributed by atoms with E-state index in [0.717, 1.165) is 6.42 Å². The summed E-state index contributed by atoms with van der Waals surface area (Å²) in [5.74, 6) is -1.67. The van der Waals surface area contributed by atoms with Crippen molar-refractivity contribution in [1.82, 2.24) is 4.98 Å². The van der Waals surface area contributed by atoms with E-state index in [9.17, 15) is 19.8 Å². The molecular weight excluding hydrogens is 408 g/mol. The van der Waals surface area contributed by atoms with Crippen molar-refractivity contribution in [3.05, 3.63) is 89.8 Å². The molecule has 0 radical (unpaired) electrons. The van der Waals surface area contributed by atoms with Crippen molar-refractivity contribution in [2.75, 3.05) is 11.5 Å². The predicted molar refractivity (Wildman–Crippen MR) is 119 cm³/mol. The van der Waals surface area contributed by atoms with E-state index in [2.05, 4.69) is 4.98 Å². The predicted octanol–water partition coefficient (Wildman–Crippen LogP) is 4.20. The Balaban J connectivity index is 1.89. The molecule has 3 aromatic rings. The van der Waals surface area contributed by atoms with E-state index < -0.39 is 17.7 Å². The number of phenols is 1. The number of amides is 1. The number of aromatic nitrogens is 1. The summed E-state index contributed by atoms with van der Waals surface area (Å²) in [6.45, 7) is 2.49. The van der Waals surface area contributed by atoms with Gasteiger partial charge in [-0.05, 0) is 42.8 Å². The first kappa shape index (κ1) is 21.1. The number of Topliss-reactive ketones (excluding diaryl/α,β-unsaturated/α-hetero) is 1. The van der Waals surface area contributed by atoms with Gasteiger partial charge in [0.1, 0.15) is 23.3 Å². The fourth-order valence-electron chi connectivity index (χ4n) is 3.67. The highest BCUT2D eigenvalue weighted by atomic mass is 16.5. The molecule has 7 nitrogen and oxygen atoms in total. The number of carbonyl (C=O) groups excluding carboxylic acids is 2. The van der Waals surface area contributed by atoms with Crippen LogP contribution in [-0.4, -0.2) is 33.5 Å². The number of para-hydroxylation sites is 2. The zero-order valence-electron chi connectivity index (χ0n) is 17.4. The monoisotopic (exact) mass is 430 g/mol. The van der Waals surface area contributed by atoms with Crippen molar-refractivity contribution in [2.24, 2.45) is 0 Å². The number of phenolic OH excluding ortho intramolecular Hbond substituents is 1. The second-order valence-electron chi connectivity index (χ2n) is 7.29. The van der Waals surface area contributed by atoms with E-state index in [1.165, 1.54) is 17.0 Å². The molecule has 4 rings (SSSR count). The van der Waals surface area contributed by atoms with Gasteiger partial charge in [0.2, 0.25) is 0 Å². The highest BCUT2D eigenvalue weighted by molar-refractivity contribution is 6.51. The van der Waals surface area contributed by atoms with Crippen LogP contribution in [0, 0.1) is 0 Å². The van der Waals surface area contributed by atoms with Gasteiger partial charge in [-0.25, -0.2) is 0 Å². The Labute approximate surface area is 185 Å². The average molecular weight is 430 g/mol. The molecule has 162 valence electrons. The van der Waals surface area contributed by atoms with Crippen molar-refractivity contribution in [3.63, 3.8) is 0 Å². The fraction of sp³-hybridized carbons (Fsp3) is 0.160. The molecule has 1 amide bonds. The number of aliphatic hydroxyl groups is 1. The van der Waals surface area contributed by atoms with Crippen molar-refractivity contribution in [1.29, 1.82) is 0 Å². The number of benzene rings is 2. The number of hydrogen-bond donors (Lipinski definition) is 2. The molecule has 0 spiro atoms. The summed E-state index contributed by atoms with van der Waals surface area (Å²) >= 11 is 0. The molecule has 1 fully saturated rings. The van der Waals surface area contributed by atoms with E-state index in [0.29, 0.717) is 23.6 Å². The van der Waals surface area contributed by atoms with E-state index in [-0.39, 0.29) is 22.8 Å². The number of ether oxygens (including phenoxy) is 1. The lowest BCUT2D eigenvalue weighted by Crippen LogP contribution is -2.29. The molecule has 1 atom stereocenters. The third-order valence-corrected chi connectivity index (χ3v) is 5.13. The van der Waals surface area contributed by atoms with Crippen LogP contribution in [0.5, 0.6) is 11.5 Å². The van der Waals surface area contributed by atoms with Gasteiger partial charge in [0.25, 0.3) is 11.7 Å². The third kappa shape index (κ3) is 3.80. The van der Waals surface area contributed by atoms with Crippen LogP contribution in [0.4, 0.5) is 5.69 Å². The Morgan fingerprint density at radius 3 is 2.56 bits per heavy atom. The van der Waals surface area contributed by atoms with Crippen LogP contribution >= 0.6 is 0 Å². The molecule has 0 aliphatic carbocycles. The van der Waals surface area contributed by atoms with E-state index in [1.807, 2.05) is 6.92 Å². The van der Waals surface area contributed by atoms with Crippen LogP contribution in [0.3, 0.4) is 0 Å². The van der Waals surface area contributed by atoms with Gasteiger partial charge in [0, 0.05) is 11.8 Å². The van der Waals surface area contributed by atoms with Crippen molar-refractivity contribution >= 4 is 23.1 Å². The Hall–Kier alpha value is -4.13. The minimum atomic E-state index is -1.01. The summed E-state index contributed by atoms with van der Waals surface area (Å²) in [4.78, 5) is 31.7. The van der Waals surface area contributed by atoms with Gasteiger partial charge in [-0.15, -0.1) is 0 Å². The van der Waals surface area contributed by atoms with Gasteiger partial charge in [-0.2, -0.15) is 0 Å². The molecule has 32 heavy (non-hydrogen) atoms. The van der Waals surface area contributed by atoms with Crippen LogP contribution < -0.4 is 9.64 Å². The number of aromatic hydroxyl groups is 1. The molecule has 1 aliphatic heterocycles. The molecule has 7 heteroatoms. The van der Waals surface area contributed by atoms with Crippen LogP contribution in [0.25, 0.3) is 5.76 Å². The largest absolute Gasteiger partial charge is 0.507 e. The third-order valence-electron chi connectivity index (χ3n) is 5.13. The Morgan fingerprint density at radius 1 is 1.06 bits per heavy atom. The second kappa shape index (κ2) is 8.93. The maximum Gasteiger partial charge on any atom is 0.300 e. The number of aliphatic hydroxyl groups excluding tert-OH is 1. The number of carbonyl (C=O) groups is 2. The molecule has 0 saturated carbocycles. The Morgan fingerprint density at radius 2 is 1.84 bits per heavy atom. The number of anilines is 1. The van der Waals surface area contributed by atoms with Crippen molar-refractivity contribution < 1.29 is 24.5 Å². The average Bonchev–Trinajstić information content (AvgIpc) is 3.08. The summed E-state index contributed by atoms with van der Waals surface area (Å²) in [6.07, 6.45) is 2.36. The lowest BCUT2D eigenvalue weighted by molar-refractivity contribution is -0.132. The van der Waals surface area contributed by atoms with Crippen LogP contribution in [-0.2, 0) is 9.59 Å². The molecule has 2 heterocycles. The van der Waals surface area contributed by atoms with E-state index in [1.54, 1.807) is 60.8 Å². The smallest absolute Gasteiger partial charge is 0.300 e. The minimum Gasteiger partial charge on any atom is -0.507 e. The molecule has 1 unspecified atom stereocenters. The standard InChI is InChI=1S/C25H22N2O5/c1-2-14-32-17-9-7-8-16(15-17)23(29)21-22(18-10-5-6-13-26-18)27(25(31)24(21)30)19-11-3-4-12-20(19)28/h3-13,15,22,28-29H,2,14H2,1H3/b23-21-. The summed E-state index contributed by atoms with van der Waals surface area (Å²) in [5.41, 5.74) is 0.777. The normalized spacial score (nSPS) is 17.5. The van der Waals surface area contributed by atoms with Crippen LogP contribution in [0.15, 0.2) is 78.5 Å². The Bertz CT molecular complexity index is 1190.